The van der Waals surface area contributed by atoms with Crippen LogP contribution in [0.25, 0.3) is 0 Å². The molecule has 0 saturated heterocycles. The number of ether oxygens (including phenoxy) is 2. The minimum Gasteiger partial charge on any atom is -0.493 e. The SMILES string of the molecule is COc1cc(C=NNC(=O)CC(=O)Nc2ccccc2Cl)cc(Br)c1OCc1ccc(Br)cc1. The number of para-hydroxylation sites is 1. The predicted molar refractivity (Wildman–Crippen MR) is 140 cm³/mol. The third-order valence-corrected chi connectivity index (χ3v) is 5.87. The molecule has 0 heterocycles. The summed E-state index contributed by atoms with van der Waals surface area (Å²) in [4.78, 5) is 24.1. The molecule has 0 unspecified atom stereocenters. The minimum atomic E-state index is -0.568. The number of halogens is 3. The maximum absolute atomic E-state index is 12.0. The van der Waals surface area contributed by atoms with Crippen molar-refractivity contribution in [2.75, 3.05) is 12.4 Å². The summed E-state index contributed by atoms with van der Waals surface area (Å²) >= 11 is 12.9. The largest absolute Gasteiger partial charge is 0.493 e. The van der Waals surface area contributed by atoms with Crippen LogP contribution in [0.4, 0.5) is 5.69 Å². The molecule has 176 valence electrons. The Morgan fingerprint density at radius 3 is 2.50 bits per heavy atom. The number of hydrogen-bond donors (Lipinski definition) is 2. The number of rotatable bonds is 9. The molecule has 2 amide bonds. The standard InChI is InChI=1S/C24H20Br2ClN3O4/c1-33-21-11-16(10-18(26)24(21)34-14-15-6-8-17(25)9-7-15)13-28-30-23(32)12-22(31)29-20-5-3-2-4-19(20)27/h2-11,13H,12,14H2,1H3,(H,29,31)(H,30,32). The third kappa shape index (κ3) is 7.58. The highest BCUT2D eigenvalue weighted by Crippen LogP contribution is 2.37. The van der Waals surface area contributed by atoms with Crippen molar-refractivity contribution in [1.29, 1.82) is 0 Å². The van der Waals surface area contributed by atoms with E-state index in [1.165, 1.54) is 13.3 Å². The van der Waals surface area contributed by atoms with Gasteiger partial charge in [0.2, 0.25) is 11.8 Å². The fourth-order valence-electron chi connectivity index (χ4n) is 2.81. The van der Waals surface area contributed by atoms with Gasteiger partial charge >= 0.3 is 0 Å². The maximum atomic E-state index is 12.0. The van der Waals surface area contributed by atoms with Gasteiger partial charge in [0, 0.05) is 4.47 Å². The number of carbonyl (C=O) groups excluding carboxylic acids is 2. The average molecular weight is 610 g/mol. The van der Waals surface area contributed by atoms with E-state index in [9.17, 15) is 9.59 Å². The van der Waals surface area contributed by atoms with E-state index in [-0.39, 0.29) is 0 Å². The van der Waals surface area contributed by atoms with Gasteiger partial charge in [-0.1, -0.05) is 51.8 Å². The Labute approximate surface area is 218 Å². The molecule has 0 aromatic heterocycles. The lowest BCUT2D eigenvalue weighted by Crippen LogP contribution is -2.24. The highest BCUT2D eigenvalue weighted by molar-refractivity contribution is 9.10. The number of nitrogens with one attached hydrogen (secondary N) is 2. The van der Waals surface area contributed by atoms with Crippen LogP contribution >= 0.6 is 43.5 Å². The molecule has 0 saturated carbocycles. The summed E-state index contributed by atoms with van der Waals surface area (Å²) in [6, 6.07) is 18.1. The molecule has 0 bridgehead atoms. The molecule has 2 N–H and O–H groups in total. The first-order chi connectivity index (χ1) is 16.4. The first kappa shape index (κ1) is 25.7. The third-order valence-electron chi connectivity index (χ3n) is 4.42. The smallest absolute Gasteiger partial charge is 0.249 e. The molecular formula is C24H20Br2ClN3O4. The molecule has 0 aliphatic carbocycles. The molecule has 10 heteroatoms. The van der Waals surface area contributed by atoms with Crippen molar-refractivity contribution < 1.29 is 19.1 Å². The molecule has 0 spiro atoms. The Balaban J connectivity index is 1.57. The molecule has 0 aliphatic heterocycles. The zero-order valence-corrected chi connectivity index (χ0v) is 21.9. The number of hydrogen-bond acceptors (Lipinski definition) is 5. The molecule has 0 aliphatic rings. The minimum absolute atomic E-state index is 0.363. The summed E-state index contributed by atoms with van der Waals surface area (Å²) in [6.45, 7) is 0.363. The molecule has 0 fully saturated rings. The second-order valence-electron chi connectivity index (χ2n) is 6.95. The van der Waals surface area contributed by atoms with Crippen LogP contribution in [0.1, 0.15) is 17.5 Å². The molecule has 7 nitrogen and oxygen atoms in total. The molecule has 0 radical (unpaired) electrons. The number of anilines is 1. The van der Waals surface area contributed by atoms with Crippen molar-refractivity contribution in [3.63, 3.8) is 0 Å². The molecule has 3 rings (SSSR count). The normalized spacial score (nSPS) is 10.7. The van der Waals surface area contributed by atoms with Gasteiger partial charge < -0.3 is 14.8 Å². The Kier molecular flexibility index (Phi) is 9.50. The Hall–Kier alpha value is -2.88. The molecule has 0 atom stereocenters. The summed E-state index contributed by atoms with van der Waals surface area (Å²) in [5.41, 5.74) is 4.42. The Bertz CT molecular complexity index is 1200. The highest BCUT2D eigenvalue weighted by Gasteiger charge is 2.13. The van der Waals surface area contributed by atoms with Crippen LogP contribution in [-0.4, -0.2) is 25.1 Å². The number of amides is 2. The predicted octanol–water partition coefficient (Wildman–Crippen LogP) is 5.93. The topological polar surface area (TPSA) is 89.0 Å². The van der Waals surface area contributed by atoms with Crippen LogP contribution < -0.4 is 20.2 Å². The summed E-state index contributed by atoms with van der Waals surface area (Å²) in [7, 11) is 1.54. The van der Waals surface area contributed by atoms with Crippen LogP contribution in [0.15, 0.2) is 74.7 Å². The lowest BCUT2D eigenvalue weighted by Gasteiger charge is -2.13. The quantitative estimate of drug-likeness (QED) is 0.179. The summed E-state index contributed by atoms with van der Waals surface area (Å²) in [6.07, 6.45) is 1.04. The van der Waals surface area contributed by atoms with Crippen LogP contribution in [0.2, 0.25) is 5.02 Å². The van der Waals surface area contributed by atoms with Gasteiger partial charge in [-0.15, -0.1) is 0 Å². The highest BCUT2D eigenvalue weighted by atomic mass is 79.9. The molecule has 34 heavy (non-hydrogen) atoms. The first-order valence-electron chi connectivity index (χ1n) is 9.96. The van der Waals surface area contributed by atoms with Gasteiger partial charge in [0.05, 0.1) is 28.5 Å². The zero-order valence-electron chi connectivity index (χ0n) is 18.0. The van der Waals surface area contributed by atoms with Gasteiger partial charge in [0.25, 0.3) is 0 Å². The number of benzene rings is 3. The van der Waals surface area contributed by atoms with E-state index < -0.39 is 18.2 Å². The van der Waals surface area contributed by atoms with Crippen molar-refractivity contribution in [1.82, 2.24) is 5.43 Å². The van der Waals surface area contributed by atoms with E-state index in [1.54, 1.807) is 36.4 Å². The van der Waals surface area contributed by atoms with Crippen molar-refractivity contribution in [3.05, 3.63) is 85.8 Å². The lowest BCUT2D eigenvalue weighted by molar-refractivity contribution is -0.126. The monoisotopic (exact) mass is 607 g/mol. The van der Waals surface area contributed by atoms with Gasteiger partial charge in [-0.3, -0.25) is 9.59 Å². The van der Waals surface area contributed by atoms with E-state index in [0.717, 1.165) is 10.0 Å². The number of nitrogens with zero attached hydrogens (tertiary/aromatic N) is 1. The van der Waals surface area contributed by atoms with Gasteiger partial charge in [-0.2, -0.15) is 5.10 Å². The van der Waals surface area contributed by atoms with E-state index in [0.29, 0.717) is 38.9 Å². The van der Waals surface area contributed by atoms with E-state index >= 15 is 0 Å². The number of methoxy groups -OCH3 is 1. The summed E-state index contributed by atoms with van der Waals surface area (Å²) < 4.78 is 13.0. The zero-order chi connectivity index (χ0) is 24.5. The molecular weight excluding hydrogens is 590 g/mol. The van der Waals surface area contributed by atoms with Crippen molar-refractivity contribution >= 4 is 67.2 Å². The number of hydrazone groups is 1. The van der Waals surface area contributed by atoms with Gasteiger partial charge in [0.1, 0.15) is 13.0 Å². The fourth-order valence-corrected chi connectivity index (χ4v) is 3.83. The van der Waals surface area contributed by atoms with Crippen LogP contribution in [0, 0.1) is 0 Å². The van der Waals surface area contributed by atoms with Crippen LogP contribution in [-0.2, 0) is 16.2 Å². The van der Waals surface area contributed by atoms with Crippen LogP contribution in [0.3, 0.4) is 0 Å². The first-order valence-corrected chi connectivity index (χ1v) is 11.9. The lowest BCUT2D eigenvalue weighted by atomic mass is 10.2. The maximum Gasteiger partial charge on any atom is 0.249 e. The summed E-state index contributed by atoms with van der Waals surface area (Å²) in [5, 5.41) is 6.88. The molecule has 3 aromatic rings. The second kappa shape index (κ2) is 12.5. The second-order valence-corrected chi connectivity index (χ2v) is 9.12. The van der Waals surface area contributed by atoms with Crippen molar-refractivity contribution in [2.45, 2.75) is 13.0 Å². The van der Waals surface area contributed by atoms with Gasteiger partial charge in [-0.25, -0.2) is 5.43 Å². The number of carbonyl (C=O) groups is 2. The molecule has 3 aromatic carbocycles. The Morgan fingerprint density at radius 2 is 1.79 bits per heavy atom. The van der Waals surface area contributed by atoms with Gasteiger partial charge in [0.15, 0.2) is 11.5 Å². The summed E-state index contributed by atoms with van der Waals surface area (Å²) in [5.74, 6) is -0.0278. The average Bonchev–Trinajstić information content (AvgIpc) is 2.80. The van der Waals surface area contributed by atoms with E-state index in [4.69, 9.17) is 21.1 Å². The van der Waals surface area contributed by atoms with Crippen LogP contribution in [0.5, 0.6) is 11.5 Å². The van der Waals surface area contributed by atoms with Crippen molar-refractivity contribution in [2.24, 2.45) is 5.10 Å². The van der Waals surface area contributed by atoms with Crippen molar-refractivity contribution in [3.8, 4) is 11.5 Å². The Morgan fingerprint density at radius 1 is 1.06 bits per heavy atom. The fraction of sp³-hybridized carbons (Fsp3) is 0.125. The van der Waals surface area contributed by atoms with Gasteiger partial charge in [-0.05, 0) is 63.5 Å². The van der Waals surface area contributed by atoms with E-state index in [1.807, 2.05) is 24.3 Å². The van der Waals surface area contributed by atoms with E-state index in [2.05, 4.69) is 47.7 Å².